The van der Waals surface area contributed by atoms with Crippen LogP contribution in [0, 0.1) is 56.7 Å². The van der Waals surface area contributed by atoms with Crippen molar-refractivity contribution >= 4 is 17.8 Å². The molecule has 1 heterocycles. The van der Waals surface area contributed by atoms with Crippen LogP contribution in [0.2, 0.25) is 0 Å². The van der Waals surface area contributed by atoms with Crippen LogP contribution < -0.4 is 10.6 Å². The second-order valence-corrected chi connectivity index (χ2v) is 19.1. The number of benzene rings is 1. The Hall–Kier alpha value is -3.52. The molecule has 4 N–H and O–H groups in total. The van der Waals surface area contributed by atoms with Crippen molar-refractivity contribution < 1.29 is 24.6 Å². The third-order valence-electron chi connectivity index (χ3n) is 16.6. The molecule has 0 aliphatic heterocycles. The van der Waals surface area contributed by atoms with Crippen LogP contribution in [0.1, 0.15) is 138 Å². The number of carboxylic acids is 1. The number of aliphatic hydroxyl groups is 1. The molecule has 0 spiro atoms. The molecule has 0 bridgehead atoms. The number of aromatic nitrogens is 1. The monoisotopic (exact) mass is 723 g/mol. The topological polar surface area (TPSA) is 129 Å². The zero-order valence-corrected chi connectivity index (χ0v) is 32.8. The number of aliphatic hydroxyl groups excluding tert-OH is 1. The minimum atomic E-state index is -1.04. The molecule has 7 rings (SSSR count). The van der Waals surface area contributed by atoms with Crippen molar-refractivity contribution in [3.63, 3.8) is 0 Å². The molecule has 53 heavy (non-hydrogen) atoms. The first-order valence-corrected chi connectivity index (χ1v) is 20.1. The highest BCUT2D eigenvalue weighted by Crippen LogP contribution is 2.77. The lowest BCUT2D eigenvalue weighted by Gasteiger charge is -2.72. The van der Waals surface area contributed by atoms with Gasteiger partial charge in [-0.05, 0) is 152 Å². The minimum absolute atomic E-state index is 0.0702. The van der Waals surface area contributed by atoms with Gasteiger partial charge in [0.25, 0.3) is 5.91 Å². The Labute approximate surface area is 316 Å². The van der Waals surface area contributed by atoms with Crippen molar-refractivity contribution in [3.8, 4) is 0 Å². The number of hydrogen-bond acceptors (Lipinski definition) is 5. The van der Waals surface area contributed by atoms with Gasteiger partial charge in [0.15, 0.2) is 0 Å². The van der Waals surface area contributed by atoms with Crippen LogP contribution in [0.15, 0.2) is 54.7 Å². The predicted octanol–water partition coefficient (Wildman–Crippen LogP) is 8.34. The van der Waals surface area contributed by atoms with Gasteiger partial charge in [-0.25, -0.2) is 4.79 Å². The number of hydrogen-bond donors (Lipinski definition) is 4. The summed E-state index contributed by atoms with van der Waals surface area (Å²) in [6.07, 6.45) is 11.8. The fraction of sp³-hybridized carbons (Fsp3) is 0.644. The molecule has 5 aliphatic rings. The van der Waals surface area contributed by atoms with Gasteiger partial charge >= 0.3 is 5.97 Å². The number of carbonyl (C=O) groups excluding carboxylic acids is 2. The van der Waals surface area contributed by atoms with E-state index in [0.717, 1.165) is 50.5 Å². The van der Waals surface area contributed by atoms with Crippen LogP contribution >= 0.6 is 0 Å². The number of pyridine rings is 1. The van der Waals surface area contributed by atoms with Crippen molar-refractivity contribution in [2.45, 2.75) is 125 Å². The van der Waals surface area contributed by atoms with Crippen LogP contribution in [-0.4, -0.2) is 39.1 Å². The van der Waals surface area contributed by atoms with E-state index in [1.807, 2.05) is 18.2 Å². The van der Waals surface area contributed by atoms with Gasteiger partial charge in [0.1, 0.15) is 0 Å². The molecule has 5 aliphatic carbocycles. The van der Waals surface area contributed by atoms with Gasteiger partial charge in [0, 0.05) is 18.3 Å². The zero-order valence-electron chi connectivity index (χ0n) is 32.8. The summed E-state index contributed by atoms with van der Waals surface area (Å²) in [5, 5.41) is 26.6. The third kappa shape index (κ3) is 5.88. The van der Waals surface area contributed by atoms with Crippen LogP contribution in [-0.2, 0) is 17.9 Å². The summed E-state index contributed by atoms with van der Waals surface area (Å²) in [4.78, 5) is 43.3. The molecule has 2 amide bonds. The third-order valence-corrected chi connectivity index (χ3v) is 16.6. The summed E-state index contributed by atoms with van der Waals surface area (Å²) in [5.41, 5.74) is 3.16. The van der Waals surface area contributed by atoms with E-state index in [2.05, 4.69) is 63.7 Å². The van der Waals surface area contributed by atoms with E-state index in [1.165, 1.54) is 43.2 Å². The number of rotatable bonds is 8. The van der Waals surface area contributed by atoms with Crippen molar-refractivity contribution in [2.24, 2.45) is 56.7 Å². The molecule has 1 aromatic carbocycles. The lowest BCUT2D eigenvalue weighted by molar-refractivity contribution is -0.246. The number of nitrogens with zero attached hydrogens (tertiary/aromatic N) is 1. The summed E-state index contributed by atoms with van der Waals surface area (Å²) in [6.45, 7) is 19.5. The Bertz CT molecular complexity index is 1810. The molecule has 4 unspecified atom stereocenters. The molecule has 5 saturated carbocycles. The molecule has 1 aromatic heterocycles. The number of amides is 2. The van der Waals surface area contributed by atoms with Gasteiger partial charge in [-0.15, -0.1) is 0 Å². The van der Waals surface area contributed by atoms with Crippen molar-refractivity contribution in [2.75, 3.05) is 0 Å². The SMILES string of the molecule is C=C(C)[C@@H]1CC[C@]2(C(=O)NCc3cccc(C(=O)NCc4cc(C(=O)O)ccn4)c3)CC[C@]3(C)C(CCC4[C@@]5(C)CC[C@H](O)C(C)(C)C5CC[C@]43C)C12. The van der Waals surface area contributed by atoms with Crippen molar-refractivity contribution in [3.05, 3.63) is 77.1 Å². The zero-order chi connectivity index (χ0) is 38.1. The van der Waals surface area contributed by atoms with E-state index in [9.17, 15) is 24.6 Å². The highest BCUT2D eigenvalue weighted by atomic mass is 16.4. The molecule has 286 valence electrons. The van der Waals surface area contributed by atoms with Crippen molar-refractivity contribution in [1.82, 2.24) is 15.6 Å². The predicted molar refractivity (Wildman–Crippen MR) is 206 cm³/mol. The number of allylic oxidation sites excluding steroid dienone is 1. The Morgan fingerprint density at radius 3 is 2.34 bits per heavy atom. The first kappa shape index (κ1) is 37.8. The van der Waals surface area contributed by atoms with Crippen molar-refractivity contribution in [1.29, 1.82) is 0 Å². The molecule has 8 heteroatoms. The molecular formula is C45H61N3O5. The molecule has 8 nitrogen and oxygen atoms in total. The van der Waals surface area contributed by atoms with Gasteiger partial charge in [-0.1, -0.05) is 58.9 Å². The van der Waals surface area contributed by atoms with Gasteiger partial charge in [-0.3, -0.25) is 14.6 Å². The van der Waals surface area contributed by atoms with E-state index in [0.29, 0.717) is 41.5 Å². The minimum Gasteiger partial charge on any atom is -0.478 e. The fourth-order valence-electron chi connectivity index (χ4n) is 13.7. The fourth-order valence-corrected chi connectivity index (χ4v) is 13.7. The molecule has 0 radical (unpaired) electrons. The normalized spacial score (nSPS) is 38.3. The largest absolute Gasteiger partial charge is 0.478 e. The number of fused-ring (bicyclic) bond motifs is 7. The first-order chi connectivity index (χ1) is 25.0. The summed E-state index contributed by atoms with van der Waals surface area (Å²) in [6, 6.07) is 10.2. The molecule has 0 saturated heterocycles. The van der Waals surface area contributed by atoms with Crippen LogP contribution in [0.25, 0.3) is 0 Å². The highest BCUT2D eigenvalue weighted by Gasteiger charge is 2.71. The van der Waals surface area contributed by atoms with Gasteiger partial charge < -0.3 is 20.8 Å². The van der Waals surface area contributed by atoms with E-state index in [1.54, 1.807) is 6.07 Å². The number of carboxylic acid groups (broad SMARTS) is 1. The van der Waals surface area contributed by atoms with Crippen LogP contribution in [0.5, 0.6) is 0 Å². The quantitative estimate of drug-likeness (QED) is 0.203. The maximum absolute atomic E-state index is 14.7. The summed E-state index contributed by atoms with van der Waals surface area (Å²) < 4.78 is 0. The van der Waals surface area contributed by atoms with E-state index in [-0.39, 0.29) is 57.6 Å². The molecule has 2 aromatic rings. The highest BCUT2D eigenvalue weighted by molar-refractivity contribution is 5.94. The lowest BCUT2D eigenvalue weighted by Crippen LogP contribution is -2.67. The molecule has 5 fully saturated rings. The van der Waals surface area contributed by atoms with E-state index < -0.39 is 11.4 Å². The maximum Gasteiger partial charge on any atom is 0.335 e. The Balaban J connectivity index is 1.08. The standard InChI is InChI=1S/C45H61N3O5/c1-27(2)32-13-19-45(40(53)48-25-28-9-8-10-29(23-28)38(50)47-26-31-24-30(39(51)52)16-22-46-31)21-20-43(6)33(37(32)45)11-12-35-42(5)17-15-36(49)41(3,4)34(42)14-18-44(35,43)7/h8-10,16,22-24,32-37,49H,1,11-15,17-21,25-26H2,2-7H3,(H,47,50)(H,48,53)(H,51,52)/t32-,33?,34?,35?,36-,37?,42-,43+,44+,45-/m0/s1. The number of aromatic carboxylic acids is 1. The van der Waals surface area contributed by atoms with Gasteiger partial charge in [0.05, 0.1) is 29.3 Å². The average molecular weight is 724 g/mol. The van der Waals surface area contributed by atoms with Gasteiger partial charge in [0.2, 0.25) is 5.91 Å². The van der Waals surface area contributed by atoms with E-state index >= 15 is 0 Å². The first-order valence-electron chi connectivity index (χ1n) is 20.1. The maximum atomic E-state index is 14.7. The molecular weight excluding hydrogens is 663 g/mol. The van der Waals surface area contributed by atoms with Gasteiger partial charge in [-0.2, -0.15) is 0 Å². The smallest absolute Gasteiger partial charge is 0.335 e. The number of nitrogens with one attached hydrogen (secondary N) is 2. The Morgan fingerprint density at radius 2 is 1.60 bits per heavy atom. The lowest BCUT2D eigenvalue weighted by atomic mass is 9.32. The Kier molecular flexibility index (Phi) is 9.52. The van der Waals surface area contributed by atoms with E-state index in [4.69, 9.17) is 0 Å². The molecule has 10 atom stereocenters. The summed E-state index contributed by atoms with van der Waals surface area (Å²) in [7, 11) is 0. The average Bonchev–Trinajstić information content (AvgIpc) is 3.53. The second kappa shape index (κ2) is 13.3. The van der Waals surface area contributed by atoms with Crippen LogP contribution in [0.3, 0.4) is 0 Å². The van der Waals surface area contributed by atoms with Crippen LogP contribution in [0.4, 0.5) is 0 Å². The second-order valence-electron chi connectivity index (χ2n) is 19.1. The Morgan fingerprint density at radius 1 is 0.830 bits per heavy atom. The summed E-state index contributed by atoms with van der Waals surface area (Å²) >= 11 is 0. The summed E-state index contributed by atoms with van der Waals surface area (Å²) in [5.74, 6) is 1.01. The number of carbonyl (C=O) groups is 3.